The fraction of sp³-hybridized carbons (Fsp3) is 0.214. The van der Waals surface area contributed by atoms with Crippen LogP contribution in [0.15, 0.2) is 29.1 Å². The van der Waals surface area contributed by atoms with E-state index in [0.717, 1.165) is 15.6 Å². The van der Waals surface area contributed by atoms with Crippen molar-refractivity contribution in [3.8, 4) is 5.75 Å². The summed E-state index contributed by atoms with van der Waals surface area (Å²) >= 11 is 0. The molecule has 21 heavy (non-hydrogen) atoms. The van der Waals surface area contributed by atoms with E-state index in [1.54, 1.807) is 13.2 Å². The van der Waals surface area contributed by atoms with Crippen LogP contribution in [0, 0.1) is 6.92 Å². The minimum absolute atomic E-state index is 0.245. The molecule has 0 atom stereocenters. The number of aryl methyl sites for hydroxylation is 1. The van der Waals surface area contributed by atoms with Gasteiger partial charge >= 0.3 is 5.69 Å². The Balaban J connectivity index is 2.43. The Labute approximate surface area is 119 Å². The maximum absolute atomic E-state index is 12.4. The minimum atomic E-state index is -0.611. The van der Waals surface area contributed by atoms with Crippen molar-refractivity contribution in [1.29, 1.82) is 0 Å². The van der Waals surface area contributed by atoms with Gasteiger partial charge in [-0.2, -0.15) is 0 Å². The number of carbonyl (C=O) groups excluding carboxylic acids is 1. The molecule has 0 fully saturated rings. The van der Waals surface area contributed by atoms with Crippen molar-refractivity contribution >= 4 is 22.5 Å². The predicted molar refractivity (Wildman–Crippen MR) is 77.4 cm³/mol. The molecular formula is C14H14N4O3. The lowest BCUT2D eigenvalue weighted by atomic mass is 10.1. The molecule has 108 valence electrons. The van der Waals surface area contributed by atoms with Crippen molar-refractivity contribution in [2.24, 2.45) is 5.73 Å². The fourth-order valence-electron chi connectivity index (χ4n) is 2.39. The highest BCUT2D eigenvalue weighted by molar-refractivity contribution is 5.84. The topological polar surface area (TPSA) is 91.6 Å². The standard InChI is InChI=1S/C14H14N4O3/c1-8-5-9-3-4-10(21-2)6-11(9)18-13(8)16-17(14(18)20)7-12(15)19/h3-6H,7H2,1-2H3,(H2,15,19). The molecule has 0 spiro atoms. The van der Waals surface area contributed by atoms with Crippen LogP contribution in [0.25, 0.3) is 16.6 Å². The molecule has 0 bridgehead atoms. The summed E-state index contributed by atoms with van der Waals surface area (Å²) in [6.07, 6.45) is 0. The summed E-state index contributed by atoms with van der Waals surface area (Å²) < 4.78 is 7.74. The number of fused-ring (bicyclic) bond motifs is 3. The number of methoxy groups -OCH3 is 1. The number of primary amides is 1. The number of benzene rings is 1. The molecule has 0 aliphatic heterocycles. The van der Waals surface area contributed by atoms with E-state index in [4.69, 9.17) is 10.5 Å². The fourth-order valence-corrected chi connectivity index (χ4v) is 2.39. The van der Waals surface area contributed by atoms with E-state index in [1.807, 2.05) is 25.1 Å². The number of nitrogens with two attached hydrogens (primary N) is 1. The van der Waals surface area contributed by atoms with E-state index >= 15 is 0 Å². The van der Waals surface area contributed by atoms with Gasteiger partial charge in [-0.15, -0.1) is 5.10 Å². The Bertz CT molecular complexity index is 923. The number of hydrogen-bond donors (Lipinski definition) is 1. The summed E-state index contributed by atoms with van der Waals surface area (Å²) in [5, 5.41) is 5.07. The summed E-state index contributed by atoms with van der Waals surface area (Å²) in [4.78, 5) is 23.5. The molecular weight excluding hydrogens is 272 g/mol. The first kappa shape index (κ1) is 13.2. The summed E-state index contributed by atoms with van der Waals surface area (Å²) in [5.41, 5.74) is 6.77. The highest BCUT2D eigenvalue weighted by Gasteiger charge is 2.14. The number of aromatic nitrogens is 3. The van der Waals surface area contributed by atoms with Gasteiger partial charge in [-0.3, -0.25) is 4.79 Å². The molecule has 7 nitrogen and oxygen atoms in total. The third-order valence-electron chi connectivity index (χ3n) is 3.35. The first-order valence-electron chi connectivity index (χ1n) is 6.36. The largest absolute Gasteiger partial charge is 0.497 e. The lowest BCUT2D eigenvalue weighted by Gasteiger charge is -2.05. The summed E-state index contributed by atoms with van der Waals surface area (Å²) in [5.74, 6) is 0.0299. The first-order valence-corrected chi connectivity index (χ1v) is 6.36. The van der Waals surface area contributed by atoms with Crippen LogP contribution >= 0.6 is 0 Å². The Hall–Kier alpha value is -2.83. The molecule has 0 aliphatic carbocycles. The Kier molecular flexibility index (Phi) is 2.90. The van der Waals surface area contributed by atoms with Gasteiger partial charge in [-0.05, 0) is 36.1 Å². The molecule has 0 saturated carbocycles. The van der Waals surface area contributed by atoms with Gasteiger partial charge in [-0.25, -0.2) is 13.9 Å². The second-order valence-electron chi connectivity index (χ2n) is 4.82. The number of amides is 1. The third-order valence-corrected chi connectivity index (χ3v) is 3.35. The van der Waals surface area contributed by atoms with Crippen LogP contribution in [-0.2, 0) is 11.3 Å². The molecule has 2 aromatic heterocycles. The van der Waals surface area contributed by atoms with E-state index in [2.05, 4.69) is 5.10 Å². The first-order chi connectivity index (χ1) is 10.0. The van der Waals surface area contributed by atoms with Crippen LogP contribution in [0.4, 0.5) is 0 Å². The molecule has 3 rings (SSSR count). The quantitative estimate of drug-likeness (QED) is 0.756. The molecule has 7 heteroatoms. The van der Waals surface area contributed by atoms with Crippen molar-refractivity contribution in [2.75, 3.05) is 7.11 Å². The molecule has 0 aliphatic rings. The number of pyridine rings is 1. The molecule has 1 aromatic carbocycles. The Morgan fingerprint density at radius 3 is 2.81 bits per heavy atom. The predicted octanol–water partition coefficient (Wildman–Crippen LogP) is 0.452. The smallest absolute Gasteiger partial charge is 0.351 e. The van der Waals surface area contributed by atoms with Crippen LogP contribution < -0.4 is 16.2 Å². The van der Waals surface area contributed by atoms with Gasteiger partial charge in [0.25, 0.3) is 0 Å². The van der Waals surface area contributed by atoms with Gasteiger partial charge in [0.15, 0.2) is 5.65 Å². The number of nitrogens with zero attached hydrogens (tertiary/aromatic N) is 3. The second kappa shape index (κ2) is 4.62. The molecule has 2 heterocycles. The van der Waals surface area contributed by atoms with Gasteiger partial charge in [0.1, 0.15) is 12.3 Å². The van der Waals surface area contributed by atoms with E-state index in [1.165, 1.54) is 4.40 Å². The zero-order chi connectivity index (χ0) is 15.1. The van der Waals surface area contributed by atoms with E-state index in [0.29, 0.717) is 16.9 Å². The van der Waals surface area contributed by atoms with E-state index in [9.17, 15) is 9.59 Å². The monoisotopic (exact) mass is 286 g/mol. The average Bonchev–Trinajstić information content (AvgIpc) is 2.76. The number of rotatable bonds is 3. The average molecular weight is 286 g/mol. The molecule has 3 aromatic rings. The van der Waals surface area contributed by atoms with Crippen LogP contribution in [0.5, 0.6) is 5.75 Å². The maximum Gasteiger partial charge on any atom is 0.351 e. The van der Waals surface area contributed by atoms with Crippen LogP contribution in [0.3, 0.4) is 0 Å². The molecule has 0 unspecified atom stereocenters. The van der Waals surface area contributed by atoms with Gasteiger partial charge < -0.3 is 10.5 Å². The van der Waals surface area contributed by atoms with Crippen LogP contribution in [0.2, 0.25) is 0 Å². The van der Waals surface area contributed by atoms with E-state index < -0.39 is 11.6 Å². The lowest BCUT2D eigenvalue weighted by molar-refractivity contribution is -0.118. The second-order valence-corrected chi connectivity index (χ2v) is 4.82. The van der Waals surface area contributed by atoms with Gasteiger partial charge in [0, 0.05) is 6.07 Å². The Morgan fingerprint density at radius 1 is 1.38 bits per heavy atom. The molecule has 2 N–H and O–H groups in total. The van der Waals surface area contributed by atoms with Gasteiger partial charge in [0.2, 0.25) is 5.91 Å². The molecule has 1 amide bonds. The summed E-state index contributed by atoms with van der Waals surface area (Å²) in [6, 6.07) is 7.40. The molecule has 0 saturated heterocycles. The highest BCUT2D eigenvalue weighted by Crippen LogP contribution is 2.23. The highest BCUT2D eigenvalue weighted by atomic mass is 16.5. The van der Waals surface area contributed by atoms with Crippen molar-refractivity contribution in [1.82, 2.24) is 14.2 Å². The normalized spacial score (nSPS) is 11.1. The van der Waals surface area contributed by atoms with Crippen molar-refractivity contribution in [3.63, 3.8) is 0 Å². The maximum atomic E-state index is 12.4. The summed E-state index contributed by atoms with van der Waals surface area (Å²) in [6.45, 7) is 1.62. The SMILES string of the molecule is COc1ccc2cc(C)c3nn(CC(N)=O)c(=O)n3c2c1. The van der Waals surface area contributed by atoms with Crippen LogP contribution in [0.1, 0.15) is 5.56 Å². The van der Waals surface area contributed by atoms with Crippen molar-refractivity contribution in [2.45, 2.75) is 13.5 Å². The Morgan fingerprint density at radius 2 is 2.14 bits per heavy atom. The summed E-state index contributed by atoms with van der Waals surface area (Å²) in [7, 11) is 1.56. The zero-order valence-corrected chi connectivity index (χ0v) is 11.7. The zero-order valence-electron chi connectivity index (χ0n) is 11.7. The number of ether oxygens (including phenoxy) is 1. The van der Waals surface area contributed by atoms with Gasteiger partial charge in [0.05, 0.1) is 12.6 Å². The van der Waals surface area contributed by atoms with Crippen LogP contribution in [-0.4, -0.2) is 27.2 Å². The third kappa shape index (κ3) is 2.03. The number of hydrogen-bond acceptors (Lipinski definition) is 4. The van der Waals surface area contributed by atoms with E-state index in [-0.39, 0.29) is 6.54 Å². The lowest BCUT2D eigenvalue weighted by Crippen LogP contribution is -2.28. The molecule has 0 radical (unpaired) electrons. The van der Waals surface area contributed by atoms with Gasteiger partial charge in [-0.1, -0.05) is 0 Å². The minimum Gasteiger partial charge on any atom is -0.497 e. The van der Waals surface area contributed by atoms with Crippen molar-refractivity contribution in [3.05, 3.63) is 40.3 Å². The number of carbonyl (C=O) groups is 1. The van der Waals surface area contributed by atoms with Crippen molar-refractivity contribution < 1.29 is 9.53 Å².